The van der Waals surface area contributed by atoms with Crippen LogP contribution in [0, 0.1) is 0 Å². The lowest BCUT2D eigenvalue weighted by Gasteiger charge is -2.11. The second kappa shape index (κ2) is 6.88. The summed E-state index contributed by atoms with van der Waals surface area (Å²) in [7, 11) is 0. The van der Waals surface area contributed by atoms with Gasteiger partial charge in [0.25, 0.3) is 5.56 Å². The summed E-state index contributed by atoms with van der Waals surface area (Å²) < 4.78 is 1.95. The molecule has 3 rings (SSSR count). The highest BCUT2D eigenvalue weighted by molar-refractivity contribution is 7.99. The summed E-state index contributed by atoms with van der Waals surface area (Å²) >= 11 is 1.61. The Labute approximate surface area is 142 Å². The minimum absolute atomic E-state index is 0.305. The van der Waals surface area contributed by atoms with Crippen LogP contribution in [-0.2, 0) is 6.42 Å². The number of nitrogens with zero attached hydrogens (tertiary/aromatic N) is 3. The van der Waals surface area contributed by atoms with Gasteiger partial charge in [0.15, 0.2) is 5.16 Å². The molecule has 0 spiro atoms. The molecule has 0 bridgehead atoms. The van der Waals surface area contributed by atoms with Gasteiger partial charge < -0.3 is 4.98 Å². The Bertz CT molecular complexity index is 915. The number of aromatic nitrogens is 5. The molecule has 0 radical (unpaired) electrons. The Morgan fingerprint density at radius 3 is 2.54 bits per heavy atom. The minimum Gasteiger partial charge on any atom is -0.311 e. The average molecular weight is 343 g/mol. The van der Waals surface area contributed by atoms with Gasteiger partial charge in [-0.2, -0.15) is 0 Å². The molecule has 0 aliphatic rings. The summed E-state index contributed by atoms with van der Waals surface area (Å²) in [4.78, 5) is 27.7. The second-order valence-electron chi connectivity index (χ2n) is 5.53. The summed E-state index contributed by atoms with van der Waals surface area (Å²) in [5.41, 5.74) is 0.471. The van der Waals surface area contributed by atoms with Crippen LogP contribution in [0.1, 0.15) is 25.4 Å². The van der Waals surface area contributed by atoms with Crippen LogP contribution in [-0.4, -0.2) is 30.0 Å². The van der Waals surface area contributed by atoms with Crippen molar-refractivity contribution in [1.82, 2.24) is 24.7 Å². The van der Waals surface area contributed by atoms with Crippen LogP contribution in [0.4, 0.5) is 0 Å². The first-order valence-electron chi connectivity index (χ1n) is 7.52. The third-order valence-electron chi connectivity index (χ3n) is 3.22. The molecule has 3 aromatic rings. The van der Waals surface area contributed by atoms with Gasteiger partial charge in [-0.1, -0.05) is 43.8 Å². The Hall–Kier alpha value is -2.61. The number of rotatable bonds is 5. The van der Waals surface area contributed by atoms with Crippen molar-refractivity contribution in [1.29, 1.82) is 0 Å². The van der Waals surface area contributed by atoms with Crippen molar-refractivity contribution in [3.8, 4) is 5.69 Å². The maximum absolute atomic E-state index is 11.5. The summed E-state index contributed by atoms with van der Waals surface area (Å²) in [6, 6.07) is 11.1. The average Bonchev–Trinajstić information content (AvgIpc) is 2.88. The van der Waals surface area contributed by atoms with E-state index < -0.39 is 11.2 Å². The lowest BCUT2D eigenvalue weighted by molar-refractivity contribution is 0.827. The SMILES string of the molecule is CC(C)Sc1nnc(Cc2cc(=O)[nH]c(=O)[nH]2)n1-c1ccccc1. The van der Waals surface area contributed by atoms with Crippen LogP contribution in [0.2, 0.25) is 0 Å². The third-order valence-corrected chi connectivity index (χ3v) is 4.17. The van der Waals surface area contributed by atoms with E-state index in [-0.39, 0.29) is 0 Å². The predicted molar refractivity (Wildman–Crippen MR) is 92.8 cm³/mol. The first kappa shape index (κ1) is 16.3. The largest absolute Gasteiger partial charge is 0.325 e. The van der Waals surface area contributed by atoms with E-state index in [2.05, 4.69) is 34.0 Å². The molecule has 2 aromatic heterocycles. The van der Waals surface area contributed by atoms with Crippen molar-refractivity contribution in [2.75, 3.05) is 0 Å². The molecule has 0 fully saturated rings. The van der Waals surface area contributed by atoms with E-state index in [1.54, 1.807) is 11.8 Å². The van der Waals surface area contributed by atoms with Crippen LogP contribution in [0.25, 0.3) is 5.69 Å². The van der Waals surface area contributed by atoms with Crippen LogP contribution in [0.15, 0.2) is 51.1 Å². The van der Waals surface area contributed by atoms with E-state index >= 15 is 0 Å². The van der Waals surface area contributed by atoms with E-state index in [1.807, 2.05) is 34.9 Å². The van der Waals surface area contributed by atoms with Gasteiger partial charge in [-0.05, 0) is 12.1 Å². The number of aromatic amines is 2. The summed E-state index contributed by atoms with van der Waals surface area (Å²) in [5, 5.41) is 9.66. The molecular formula is C16H17N5O2S. The number of para-hydroxylation sites is 1. The van der Waals surface area contributed by atoms with Crippen molar-refractivity contribution in [2.45, 2.75) is 30.7 Å². The van der Waals surface area contributed by atoms with Gasteiger partial charge in [-0.25, -0.2) is 4.79 Å². The molecule has 0 aliphatic carbocycles. The fourth-order valence-corrected chi connectivity index (χ4v) is 3.15. The number of nitrogens with one attached hydrogen (secondary N) is 2. The Morgan fingerprint density at radius 2 is 1.88 bits per heavy atom. The Morgan fingerprint density at radius 1 is 1.12 bits per heavy atom. The lowest BCUT2D eigenvalue weighted by atomic mass is 10.2. The van der Waals surface area contributed by atoms with Crippen LogP contribution in [0.3, 0.4) is 0 Å². The molecule has 24 heavy (non-hydrogen) atoms. The zero-order chi connectivity index (χ0) is 17.1. The van der Waals surface area contributed by atoms with Gasteiger partial charge >= 0.3 is 5.69 Å². The van der Waals surface area contributed by atoms with Crippen LogP contribution >= 0.6 is 11.8 Å². The highest BCUT2D eigenvalue weighted by atomic mass is 32.2. The zero-order valence-electron chi connectivity index (χ0n) is 13.3. The standard InChI is InChI=1S/C16H17N5O2S/c1-10(2)24-16-20-19-13(21(16)12-6-4-3-5-7-12)8-11-9-14(22)18-15(23)17-11/h3-7,9-10H,8H2,1-2H3,(H2,17,18,22,23). The molecule has 7 nitrogen and oxygen atoms in total. The third kappa shape index (κ3) is 3.65. The smallest absolute Gasteiger partial charge is 0.311 e. The fourth-order valence-electron chi connectivity index (χ4n) is 2.32. The molecule has 2 heterocycles. The van der Waals surface area contributed by atoms with Gasteiger partial charge in [0.05, 0.1) is 0 Å². The molecule has 0 saturated carbocycles. The van der Waals surface area contributed by atoms with E-state index in [4.69, 9.17) is 0 Å². The van der Waals surface area contributed by atoms with Crippen molar-refractivity contribution in [3.63, 3.8) is 0 Å². The van der Waals surface area contributed by atoms with E-state index in [9.17, 15) is 9.59 Å². The number of H-pyrrole nitrogens is 2. The topological polar surface area (TPSA) is 96.4 Å². The van der Waals surface area contributed by atoms with Gasteiger partial charge in [-0.3, -0.25) is 14.3 Å². The van der Waals surface area contributed by atoms with Gasteiger partial charge in [0.2, 0.25) is 0 Å². The van der Waals surface area contributed by atoms with Crippen molar-refractivity contribution in [2.24, 2.45) is 0 Å². The minimum atomic E-state index is -0.528. The number of thioether (sulfide) groups is 1. The highest BCUT2D eigenvalue weighted by Gasteiger charge is 2.16. The number of benzene rings is 1. The number of hydrogen-bond donors (Lipinski definition) is 2. The fraction of sp³-hybridized carbons (Fsp3) is 0.250. The Balaban J connectivity index is 2.06. The molecular weight excluding hydrogens is 326 g/mol. The zero-order valence-corrected chi connectivity index (χ0v) is 14.1. The maximum Gasteiger partial charge on any atom is 0.325 e. The summed E-state index contributed by atoms with van der Waals surface area (Å²) in [6.07, 6.45) is 0.305. The van der Waals surface area contributed by atoms with Crippen molar-refractivity contribution < 1.29 is 0 Å². The molecule has 0 saturated heterocycles. The summed E-state index contributed by atoms with van der Waals surface area (Å²) in [6.45, 7) is 4.17. The first-order chi connectivity index (χ1) is 11.5. The van der Waals surface area contributed by atoms with Gasteiger partial charge in [0, 0.05) is 29.1 Å². The Kier molecular flexibility index (Phi) is 4.66. The normalized spacial score (nSPS) is 11.1. The van der Waals surface area contributed by atoms with Crippen LogP contribution in [0.5, 0.6) is 0 Å². The predicted octanol–water partition coefficient (Wildman–Crippen LogP) is 1.74. The number of hydrogen-bond acceptors (Lipinski definition) is 5. The quantitative estimate of drug-likeness (QED) is 0.688. The van der Waals surface area contributed by atoms with E-state index in [0.29, 0.717) is 23.2 Å². The maximum atomic E-state index is 11.5. The van der Waals surface area contributed by atoms with Gasteiger partial charge in [0.1, 0.15) is 5.82 Å². The molecule has 124 valence electrons. The molecule has 0 amide bonds. The monoisotopic (exact) mass is 343 g/mol. The molecule has 0 aliphatic heterocycles. The molecule has 8 heteroatoms. The van der Waals surface area contributed by atoms with Gasteiger partial charge in [-0.15, -0.1) is 10.2 Å². The highest BCUT2D eigenvalue weighted by Crippen LogP contribution is 2.25. The molecule has 2 N–H and O–H groups in total. The first-order valence-corrected chi connectivity index (χ1v) is 8.40. The molecule has 0 unspecified atom stereocenters. The molecule has 0 atom stereocenters. The van der Waals surface area contributed by atoms with E-state index in [1.165, 1.54) is 6.07 Å². The van der Waals surface area contributed by atoms with Crippen molar-refractivity contribution >= 4 is 11.8 Å². The van der Waals surface area contributed by atoms with E-state index in [0.717, 1.165) is 10.8 Å². The molecule has 1 aromatic carbocycles. The van der Waals surface area contributed by atoms with Crippen LogP contribution < -0.4 is 11.2 Å². The van der Waals surface area contributed by atoms with Crippen molar-refractivity contribution in [3.05, 3.63) is 68.8 Å². The second-order valence-corrected chi connectivity index (χ2v) is 7.07. The lowest BCUT2D eigenvalue weighted by Crippen LogP contribution is -2.23. The summed E-state index contributed by atoms with van der Waals surface area (Å²) in [5.74, 6) is 0.658.